The minimum Gasteiger partial charge on any atom is -0.316 e. The molecule has 0 aromatic rings. The lowest BCUT2D eigenvalue weighted by Crippen LogP contribution is -2.44. The van der Waals surface area contributed by atoms with Gasteiger partial charge in [0.25, 0.3) is 0 Å². The summed E-state index contributed by atoms with van der Waals surface area (Å²) in [5, 5.41) is 3.65. The Balaban J connectivity index is 2.45. The number of hydrogen-bond acceptors (Lipinski definition) is 2. The maximum Gasteiger partial charge on any atom is 0.00470 e. The zero-order valence-electron chi connectivity index (χ0n) is 11.5. The first-order valence-corrected chi connectivity index (χ1v) is 7.12. The summed E-state index contributed by atoms with van der Waals surface area (Å²) in [7, 11) is 2.26. The van der Waals surface area contributed by atoms with Gasteiger partial charge in [0.2, 0.25) is 0 Å². The Bertz CT molecular complexity index is 174. The molecule has 0 aliphatic heterocycles. The van der Waals surface area contributed by atoms with Gasteiger partial charge < -0.3 is 10.2 Å². The molecule has 1 aliphatic rings. The van der Waals surface area contributed by atoms with E-state index in [1.54, 1.807) is 0 Å². The van der Waals surface area contributed by atoms with Crippen LogP contribution < -0.4 is 5.32 Å². The third kappa shape index (κ3) is 4.42. The van der Waals surface area contributed by atoms with Gasteiger partial charge in [-0.05, 0) is 44.8 Å². The highest BCUT2D eigenvalue weighted by atomic mass is 15.1. The van der Waals surface area contributed by atoms with Gasteiger partial charge in [-0.15, -0.1) is 0 Å². The molecule has 1 fully saturated rings. The molecule has 0 atom stereocenters. The average molecular weight is 226 g/mol. The molecule has 0 heterocycles. The summed E-state index contributed by atoms with van der Waals surface area (Å²) >= 11 is 0. The third-order valence-corrected chi connectivity index (χ3v) is 3.99. The van der Waals surface area contributed by atoms with E-state index in [9.17, 15) is 0 Å². The summed E-state index contributed by atoms with van der Waals surface area (Å²) < 4.78 is 0. The molecular formula is C14H30N2. The van der Waals surface area contributed by atoms with Crippen molar-refractivity contribution in [3.05, 3.63) is 0 Å². The molecule has 0 bridgehead atoms. The van der Waals surface area contributed by atoms with Gasteiger partial charge in [-0.1, -0.05) is 33.1 Å². The minimum absolute atomic E-state index is 0.568. The topological polar surface area (TPSA) is 15.3 Å². The van der Waals surface area contributed by atoms with Crippen molar-refractivity contribution in [2.24, 2.45) is 5.41 Å². The number of nitrogens with zero attached hydrogens (tertiary/aromatic N) is 1. The van der Waals surface area contributed by atoms with Crippen LogP contribution >= 0.6 is 0 Å². The molecule has 0 unspecified atom stereocenters. The SMILES string of the molecule is CCCNCC1(CN(C)CC)CCCCC1. The van der Waals surface area contributed by atoms with Gasteiger partial charge in [-0.3, -0.25) is 0 Å². The Morgan fingerprint density at radius 1 is 1.12 bits per heavy atom. The molecule has 1 N–H and O–H groups in total. The molecular weight excluding hydrogens is 196 g/mol. The maximum atomic E-state index is 3.65. The summed E-state index contributed by atoms with van der Waals surface area (Å²) in [6.45, 7) is 9.37. The molecule has 0 radical (unpaired) electrons. The first-order chi connectivity index (χ1) is 7.72. The van der Waals surface area contributed by atoms with Crippen LogP contribution in [0.5, 0.6) is 0 Å². The van der Waals surface area contributed by atoms with Crippen LogP contribution in [0.2, 0.25) is 0 Å². The summed E-state index contributed by atoms with van der Waals surface area (Å²) in [6.07, 6.45) is 8.42. The lowest BCUT2D eigenvalue weighted by atomic mass is 9.73. The lowest BCUT2D eigenvalue weighted by Gasteiger charge is -2.40. The molecule has 1 rings (SSSR count). The smallest absolute Gasteiger partial charge is 0.00470 e. The van der Waals surface area contributed by atoms with E-state index in [1.807, 2.05) is 0 Å². The molecule has 2 heteroatoms. The van der Waals surface area contributed by atoms with Crippen molar-refractivity contribution in [3.63, 3.8) is 0 Å². The monoisotopic (exact) mass is 226 g/mol. The largest absolute Gasteiger partial charge is 0.316 e. The predicted octanol–water partition coefficient (Wildman–Crippen LogP) is 2.89. The maximum absolute atomic E-state index is 3.65. The molecule has 96 valence electrons. The van der Waals surface area contributed by atoms with Gasteiger partial charge in [-0.25, -0.2) is 0 Å². The Morgan fingerprint density at radius 2 is 1.81 bits per heavy atom. The lowest BCUT2D eigenvalue weighted by molar-refractivity contribution is 0.120. The van der Waals surface area contributed by atoms with E-state index in [4.69, 9.17) is 0 Å². The van der Waals surface area contributed by atoms with Gasteiger partial charge in [-0.2, -0.15) is 0 Å². The van der Waals surface area contributed by atoms with Gasteiger partial charge in [0, 0.05) is 13.1 Å². The summed E-state index contributed by atoms with van der Waals surface area (Å²) in [5.74, 6) is 0. The predicted molar refractivity (Wildman–Crippen MR) is 71.8 cm³/mol. The summed E-state index contributed by atoms with van der Waals surface area (Å²) in [4.78, 5) is 2.49. The average Bonchev–Trinajstić information content (AvgIpc) is 2.30. The third-order valence-electron chi connectivity index (χ3n) is 3.99. The van der Waals surface area contributed by atoms with Crippen LogP contribution in [-0.4, -0.2) is 38.1 Å². The van der Waals surface area contributed by atoms with Crippen LogP contribution in [-0.2, 0) is 0 Å². The van der Waals surface area contributed by atoms with Crippen LogP contribution in [0.3, 0.4) is 0 Å². The van der Waals surface area contributed by atoms with Gasteiger partial charge in [0.15, 0.2) is 0 Å². The van der Waals surface area contributed by atoms with Crippen LogP contribution in [0.25, 0.3) is 0 Å². The number of hydrogen-bond donors (Lipinski definition) is 1. The van der Waals surface area contributed by atoms with Crippen molar-refractivity contribution in [3.8, 4) is 0 Å². The fourth-order valence-electron chi connectivity index (χ4n) is 2.91. The van der Waals surface area contributed by atoms with Crippen LogP contribution in [0.15, 0.2) is 0 Å². The molecule has 0 aromatic carbocycles. The standard InChI is InChI=1S/C14H30N2/c1-4-11-15-12-14(13-16(3)5-2)9-7-6-8-10-14/h15H,4-13H2,1-3H3. The fourth-order valence-corrected chi connectivity index (χ4v) is 2.91. The van der Waals surface area contributed by atoms with Crippen molar-refractivity contribution in [2.75, 3.05) is 33.2 Å². The fraction of sp³-hybridized carbons (Fsp3) is 1.00. The normalized spacial score (nSPS) is 20.2. The Labute approximate surface area is 102 Å². The molecule has 0 aromatic heterocycles. The zero-order valence-corrected chi connectivity index (χ0v) is 11.5. The number of rotatable bonds is 7. The summed E-state index contributed by atoms with van der Waals surface area (Å²) in [6, 6.07) is 0. The van der Waals surface area contributed by atoms with Gasteiger partial charge in [0.05, 0.1) is 0 Å². The quantitative estimate of drug-likeness (QED) is 0.672. The molecule has 16 heavy (non-hydrogen) atoms. The second-order valence-electron chi connectivity index (χ2n) is 5.57. The highest BCUT2D eigenvalue weighted by molar-refractivity contribution is 4.87. The van der Waals surface area contributed by atoms with Crippen molar-refractivity contribution >= 4 is 0 Å². The van der Waals surface area contributed by atoms with Gasteiger partial charge in [0.1, 0.15) is 0 Å². The molecule has 1 saturated carbocycles. The van der Waals surface area contributed by atoms with E-state index >= 15 is 0 Å². The first-order valence-electron chi connectivity index (χ1n) is 7.12. The highest BCUT2D eigenvalue weighted by Crippen LogP contribution is 2.36. The first kappa shape index (κ1) is 14.0. The molecule has 0 amide bonds. The van der Waals surface area contributed by atoms with Gasteiger partial charge >= 0.3 is 0 Å². The van der Waals surface area contributed by atoms with Crippen molar-refractivity contribution in [1.29, 1.82) is 0 Å². The van der Waals surface area contributed by atoms with E-state index in [-0.39, 0.29) is 0 Å². The molecule has 0 spiro atoms. The van der Waals surface area contributed by atoms with Crippen LogP contribution in [0, 0.1) is 5.41 Å². The van der Waals surface area contributed by atoms with E-state index in [0.717, 1.165) is 0 Å². The zero-order chi connectivity index (χ0) is 11.9. The second kappa shape index (κ2) is 7.29. The molecule has 2 nitrogen and oxygen atoms in total. The van der Waals surface area contributed by atoms with E-state index in [0.29, 0.717) is 5.41 Å². The van der Waals surface area contributed by atoms with E-state index in [2.05, 4.69) is 31.1 Å². The number of nitrogens with one attached hydrogen (secondary N) is 1. The van der Waals surface area contributed by atoms with Crippen molar-refractivity contribution in [1.82, 2.24) is 10.2 Å². The Kier molecular flexibility index (Phi) is 6.37. The van der Waals surface area contributed by atoms with Crippen LogP contribution in [0.1, 0.15) is 52.4 Å². The molecule has 0 saturated heterocycles. The van der Waals surface area contributed by atoms with E-state index < -0.39 is 0 Å². The Morgan fingerprint density at radius 3 is 2.38 bits per heavy atom. The Hall–Kier alpha value is -0.0800. The molecule has 1 aliphatic carbocycles. The van der Waals surface area contributed by atoms with Crippen molar-refractivity contribution in [2.45, 2.75) is 52.4 Å². The summed E-state index contributed by atoms with van der Waals surface area (Å²) in [5.41, 5.74) is 0.568. The van der Waals surface area contributed by atoms with Crippen LogP contribution in [0.4, 0.5) is 0 Å². The highest BCUT2D eigenvalue weighted by Gasteiger charge is 2.32. The minimum atomic E-state index is 0.568. The van der Waals surface area contributed by atoms with E-state index in [1.165, 1.54) is 64.7 Å². The van der Waals surface area contributed by atoms with Crippen molar-refractivity contribution < 1.29 is 0 Å². The second-order valence-corrected chi connectivity index (χ2v) is 5.57.